The molecular formula is C25H26F3N7O2. The number of hydrogen-bond acceptors (Lipinski definition) is 7. The summed E-state index contributed by atoms with van der Waals surface area (Å²) in [5.41, 5.74) is -0.806. The highest BCUT2D eigenvalue weighted by Crippen LogP contribution is 2.37. The van der Waals surface area contributed by atoms with Gasteiger partial charge >= 0.3 is 6.18 Å². The Kier molecular flexibility index (Phi) is 6.03. The fourth-order valence-electron chi connectivity index (χ4n) is 4.39. The van der Waals surface area contributed by atoms with E-state index in [1.54, 1.807) is 13.8 Å². The molecule has 0 aliphatic carbocycles. The van der Waals surface area contributed by atoms with Gasteiger partial charge in [0.05, 0.1) is 5.69 Å². The van der Waals surface area contributed by atoms with E-state index in [0.717, 1.165) is 31.3 Å². The lowest BCUT2D eigenvalue weighted by Crippen LogP contribution is -2.40. The van der Waals surface area contributed by atoms with E-state index in [2.05, 4.69) is 25.6 Å². The van der Waals surface area contributed by atoms with Gasteiger partial charge in [-0.25, -0.2) is 19.3 Å². The molecule has 5 rings (SSSR count). The second-order valence-corrected chi connectivity index (χ2v) is 9.47. The molecule has 1 aliphatic rings. The summed E-state index contributed by atoms with van der Waals surface area (Å²) >= 11 is 0. The van der Waals surface area contributed by atoms with Gasteiger partial charge in [0.25, 0.3) is 5.56 Å². The Balaban J connectivity index is 1.63. The molecule has 1 atom stereocenters. The molecule has 1 unspecified atom stereocenters. The zero-order valence-corrected chi connectivity index (χ0v) is 20.5. The summed E-state index contributed by atoms with van der Waals surface area (Å²) < 4.78 is 43.2. The molecule has 1 aliphatic heterocycles. The van der Waals surface area contributed by atoms with Gasteiger partial charge < -0.3 is 15.7 Å². The molecule has 194 valence electrons. The van der Waals surface area contributed by atoms with Crippen LogP contribution in [0.1, 0.15) is 43.6 Å². The van der Waals surface area contributed by atoms with Crippen LogP contribution in [0.25, 0.3) is 16.9 Å². The fraction of sp³-hybridized carbons (Fsp3) is 0.360. The molecule has 0 amide bonds. The number of benzene rings is 1. The topological polar surface area (TPSA) is 110 Å². The number of rotatable bonds is 5. The van der Waals surface area contributed by atoms with E-state index >= 15 is 0 Å². The molecular weight excluding hydrogens is 487 g/mol. The number of aromatic nitrogens is 5. The van der Waals surface area contributed by atoms with Crippen molar-refractivity contribution in [1.29, 1.82) is 0 Å². The van der Waals surface area contributed by atoms with Gasteiger partial charge in [0.15, 0.2) is 17.1 Å². The van der Waals surface area contributed by atoms with Gasteiger partial charge in [0.2, 0.25) is 5.95 Å². The molecule has 0 saturated heterocycles. The predicted molar refractivity (Wildman–Crippen MR) is 132 cm³/mol. The molecule has 0 fully saturated rings. The van der Waals surface area contributed by atoms with Crippen molar-refractivity contribution in [2.75, 3.05) is 11.9 Å². The van der Waals surface area contributed by atoms with Gasteiger partial charge in [-0.3, -0.25) is 4.79 Å². The van der Waals surface area contributed by atoms with E-state index < -0.39 is 23.0 Å². The number of anilines is 2. The van der Waals surface area contributed by atoms with Crippen LogP contribution in [0.4, 0.5) is 24.8 Å². The normalized spacial score (nSPS) is 15.6. The lowest BCUT2D eigenvalue weighted by molar-refractivity contribution is -0.260. The van der Waals surface area contributed by atoms with Crippen LogP contribution >= 0.6 is 0 Å². The van der Waals surface area contributed by atoms with Crippen molar-refractivity contribution >= 4 is 22.7 Å². The van der Waals surface area contributed by atoms with E-state index in [4.69, 9.17) is 0 Å². The second-order valence-electron chi connectivity index (χ2n) is 9.47. The standard InChI is InChI=1S/C25H26F3N7O2/c1-14(2)34-22(36)18-13-30-23(31-17-8-7-16-12-29-10-9-15(16)11-17)33-21(18)35(34)20-6-4-5-19(32-20)24(3,37)25(26,27)28/h4-8,11,13-14,29,37H,9-10,12H2,1-3H3,(H,30,31,33). The van der Waals surface area contributed by atoms with Crippen molar-refractivity contribution in [3.63, 3.8) is 0 Å². The quantitative estimate of drug-likeness (QED) is 0.373. The van der Waals surface area contributed by atoms with Crippen molar-refractivity contribution in [3.8, 4) is 5.82 Å². The van der Waals surface area contributed by atoms with Crippen LogP contribution < -0.4 is 16.2 Å². The zero-order chi connectivity index (χ0) is 26.5. The minimum atomic E-state index is -4.95. The molecule has 3 N–H and O–H groups in total. The van der Waals surface area contributed by atoms with Crippen LogP contribution in [0.3, 0.4) is 0 Å². The Morgan fingerprint density at radius 1 is 1.14 bits per heavy atom. The first-order valence-electron chi connectivity index (χ1n) is 11.8. The summed E-state index contributed by atoms with van der Waals surface area (Å²) in [4.78, 5) is 26.2. The first kappa shape index (κ1) is 24.9. The molecule has 4 aromatic rings. The van der Waals surface area contributed by atoms with E-state index in [1.165, 1.54) is 38.8 Å². The monoisotopic (exact) mass is 513 g/mol. The Morgan fingerprint density at radius 2 is 1.92 bits per heavy atom. The number of nitrogens with zero attached hydrogens (tertiary/aromatic N) is 5. The first-order chi connectivity index (χ1) is 17.5. The maximum absolute atomic E-state index is 13.5. The Labute approximate surface area is 210 Å². The van der Waals surface area contributed by atoms with Gasteiger partial charge in [-0.15, -0.1) is 0 Å². The van der Waals surface area contributed by atoms with Crippen LogP contribution in [0.5, 0.6) is 0 Å². The van der Waals surface area contributed by atoms with Crippen molar-refractivity contribution in [3.05, 3.63) is 69.8 Å². The Morgan fingerprint density at radius 3 is 2.65 bits per heavy atom. The Hall–Kier alpha value is -3.77. The third kappa shape index (κ3) is 4.36. The molecule has 4 heterocycles. The first-order valence-corrected chi connectivity index (χ1v) is 11.8. The van der Waals surface area contributed by atoms with Gasteiger partial charge in [0.1, 0.15) is 5.39 Å². The summed E-state index contributed by atoms with van der Waals surface area (Å²) in [6, 6.07) is 9.49. The van der Waals surface area contributed by atoms with Crippen LogP contribution in [-0.4, -0.2) is 42.1 Å². The molecule has 0 bridgehead atoms. The largest absolute Gasteiger partial charge is 0.422 e. The lowest BCUT2D eigenvalue weighted by atomic mass is 10.0. The number of pyridine rings is 1. The van der Waals surface area contributed by atoms with Crippen molar-refractivity contribution in [1.82, 2.24) is 29.6 Å². The Bertz CT molecular complexity index is 1540. The van der Waals surface area contributed by atoms with Gasteiger partial charge in [0, 0.05) is 24.5 Å². The molecule has 37 heavy (non-hydrogen) atoms. The third-order valence-corrected chi connectivity index (χ3v) is 6.46. The fourth-order valence-corrected chi connectivity index (χ4v) is 4.39. The summed E-state index contributed by atoms with van der Waals surface area (Å²) in [5, 5.41) is 16.9. The minimum absolute atomic E-state index is 0.00811. The van der Waals surface area contributed by atoms with E-state index in [-0.39, 0.29) is 28.8 Å². The van der Waals surface area contributed by atoms with Crippen LogP contribution in [0.2, 0.25) is 0 Å². The molecule has 0 saturated carbocycles. The highest BCUT2D eigenvalue weighted by atomic mass is 19.4. The average molecular weight is 514 g/mol. The summed E-state index contributed by atoms with van der Waals surface area (Å²) in [7, 11) is 0. The molecule has 0 spiro atoms. The van der Waals surface area contributed by atoms with Crippen LogP contribution in [-0.2, 0) is 18.6 Å². The maximum Gasteiger partial charge on any atom is 0.422 e. The minimum Gasteiger partial charge on any atom is -0.375 e. The molecule has 9 nitrogen and oxygen atoms in total. The number of hydrogen-bond donors (Lipinski definition) is 3. The van der Waals surface area contributed by atoms with E-state index in [1.807, 2.05) is 18.2 Å². The summed E-state index contributed by atoms with van der Waals surface area (Å²) in [6.45, 7) is 5.87. The van der Waals surface area contributed by atoms with Gasteiger partial charge in [-0.2, -0.15) is 18.2 Å². The predicted octanol–water partition coefficient (Wildman–Crippen LogP) is 3.72. The van der Waals surface area contributed by atoms with Crippen LogP contribution in [0.15, 0.2) is 47.4 Å². The van der Waals surface area contributed by atoms with Crippen LogP contribution in [0, 0.1) is 0 Å². The van der Waals surface area contributed by atoms with E-state index in [9.17, 15) is 23.1 Å². The number of nitrogens with one attached hydrogen (secondary N) is 2. The van der Waals surface area contributed by atoms with Gasteiger partial charge in [-0.1, -0.05) is 12.1 Å². The maximum atomic E-state index is 13.5. The summed E-state index contributed by atoms with van der Waals surface area (Å²) in [5.74, 6) is 0.225. The van der Waals surface area contributed by atoms with Crippen molar-refractivity contribution < 1.29 is 18.3 Å². The molecule has 3 aromatic heterocycles. The smallest absolute Gasteiger partial charge is 0.375 e. The van der Waals surface area contributed by atoms with Gasteiger partial charge in [-0.05, 0) is 69.1 Å². The number of fused-ring (bicyclic) bond motifs is 2. The lowest BCUT2D eigenvalue weighted by Gasteiger charge is -2.26. The van der Waals surface area contributed by atoms with Crippen molar-refractivity contribution in [2.45, 2.75) is 51.6 Å². The highest BCUT2D eigenvalue weighted by Gasteiger charge is 2.52. The SMILES string of the molecule is CC(C)n1c(=O)c2cnc(Nc3ccc4c(c3)CCNC4)nc2n1-c1cccc(C(C)(O)C(F)(F)F)n1. The summed E-state index contributed by atoms with van der Waals surface area (Å²) in [6.07, 6.45) is -2.66. The molecule has 0 radical (unpaired) electrons. The third-order valence-electron chi connectivity index (χ3n) is 6.46. The molecule has 12 heteroatoms. The second kappa shape index (κ2) is 8.96. The average Bonchev–Trinajstić information content (AvgIpc) is 3.15. The highest BCUT2D eigenvalue weighted by molar-refractivity contribution is 5.77. The van der Waals surface area contributed by atoms with Crippen molar-refractivity contribution in [2.24, 2.45) is 0 Å². The number of alkyl halides is 3. The zero-order valence-electron chi connectivity index (χ0n) is 20.5. The number of aliphatic hydroxyl groups is 1. The number of halogens is 3. The van der Waals surface area contributed by atoms with E-state index in [0.29, 0.717) is 6.92 Å². The molecule has 1 aromatic carbocycles.